The number of aromatic nitrogens is 3. The second-order valence-electron chi connectivity index (χ2n) is 8.63. The van der Waals surface area contributed by atoms with Crippen molar-refractivity contribution in [3.8, 4) is 0 Å². The molecule has 0 spiro atoms. The van der Waals surface area contributed by atoms with Crippen LogP contribution < -0.4 is 11.1 Å². The van der Waals surface area contributed by atoms with Crippen LogP contribution in [0, 0.1) is 23.2 Å². The first-order chi connectivity index (χ1) is 14.7. The Labute approximate surface area is 176 Å². The molecule has 2 aliphatic carbocycles. The van der Waals surface area contributed by atoms with Crippen molar-refractivity contribution in [2.24, 2.45) is 17.8 Å². The van der Waals surface area contributed by atoms with Gasteiger partial charge in [0, 0.05) is 35.4 Å². The molecule has 0 radical (unpaired) electrons. The Morgan fingerprint density at radius 3 is 2.83 bits per heavy atom. The molecule has 2 fully saturated rings. The number of nitrogens with one attached hydrogen (secondary N) is 2. The summed E-state index contributed by atoms with van der Waals surface area (Å²) in [5, 5.41) is 16.0. The zero-order chi connectivity index (χ0) is 20.8. The highest BCUT2D eigenvalue weighted by atomic mass is 15.2. The molecule has 4 N–H and O–H groups in total. The molecule has 3 heterocycles. The Morgan fingerprint density at radius 2 is 2.03 bits per heavy atom. The average Bonchev–Trinajstić information content (AvgIpc) is 3.49. The van der Waals surface area contributed by atoms with Crippen LogP contribution in [0.25, 0.3) is 5.65 Å². The molecule has 6 heteroatoms. The van der Waals surface area contributed by atoms with Gasteiger partial charge in [-0.05, 0) is 73.6 Å². The minimum atomic E-state index is 0.194. The van der Waals surface area contributed by atoms with E-state index in [4.69, 9.17) is 16.1 Å². The highest BCUT2D eigenvalue weighted by Crippen LogP contribution is 2.64. The Kier molecular flexibility index (Phi) is 4.57. The van der Waals surface area contributed by atoms with Crippen molar-refractivity contribution in [3.63, 3.8) is 0 Å². The first kappa shape index (κ1) is 18.9. The number of benzene rings is 1. The van der Waals surface area contributed by atoms with E-state index >= 15 is 0 Å². The van der Waals surface area contributed by atoms with Crippen molar-refractivity contribution in [2.75, 3.05) is 11.1 Å². The third kappa shape index (κ3) is 2.74. The standard InChI is InChI=1S/C21H22N6.C3H6/c22-10-13-14(23)3-4-15-20(13)18-11-1-2-12(9-11)19(18)21(26-15)16-6-8-27-17(25-16)5-7-24-27;1-3-2/h3-8,10-12,18-19,21-22,26H,1-2,9,23H2;3H,1H2,2H3. The van der Waals surface area contributed by atoms with Crippen molar-refractivity contribution < 1.29 is 0 Å². The number of hydrogen-bond donors (Lipinski definition) is 3. The summed E-state index contributed by atoms with van der Waals surface area (Å²) < 4.78 is 1.81. The first-order valence-electron chi connectivity index (χ1n) is 10.7. The van der Waals surface area contributed by atoms with E-state index in [0.717, 1.165) is 22.6 Å². The van der Waals surface area contributed by atoms with Gasteiger partial charge in [-0.1, -0.05) is 6.08 Å². The molecular weight excluding hydrogens is 372 g/mol. The smallest absolute Gasteiger partial charge is 0.155 e. The second kappa shape index (κ2) is 7.27. The largest absolute Gasteiger partial charge is 0.398 e. The van der Waals surface area contributed by atoms with Crippen LogP contribution in [0.1, 0.15) is 55.0 Å². The third-order valence-electron chi connectivity index (χ3n) is 7.07. The predicted octanol–water partition coefficient (Wildman–Crippen LogP) is 4.80. The summed E-state index contributed by atoms with van der Waals surface area (Å²) >= 11 is 0. The Balaban J connectivity index is 0.000000609. The molecule has 0 saturated heterocycles. The fourth-order valence-electron chi connectivity index (χ4n) is 6.08. The summed E-state index contributed by atoms with van der Waals surface area (Å²) in [6.07, 6.45) is 10.9. The molecular formula is C24H28N6. The van der Waals surface area contributed by atoms with Gasteiger partial charge in [0.25, 0.3) is 0 Å². The Bertz CT molecular complexity index is 1120. The van der Waals surface area contributed by atoms with Crippen LogP contribution in [0.5, 0.6) is 0 Å². The second-order valence-corrected chi connectivity index (χ2v) is 8.63. The molecule has 1 aromatic carbocycles. The molecule has 1 aliphatic heterocycles. The van der Waals surface area contributed by atoms with Crippen molar-refractivity contribution >= 4 is 23.2 Å². The van der Waals surface area contributed by atoms with E-state index in [1.807, 2.05) is 29.8 Å². The van der Waals surface area contributed by atoms with Crippen LogP contribution in [-0.2, 0) is 0 Å². The van der Waals surface area contributed by atoms with Gasteiger partial charge in [0.15, 0.2) is 5.65 Å². The SMILES string of the molecule is C=CC.N=Cc1c(N)ccc2c1C1C3CCC(C3)C1C(c1ccn3nccc3n1)N2. The Morgan fingerprint density at radius 1 is 1.23 bits per heavy atom. The predicted molar refractivity (Wildman–Crippen MR) is 121 cm³/mol. The van der Waals surface area contributed by atoms with E-state index in [1.165, 1.54) is 31.0 Å². The van der Waals surface area contributed by atoms with Gasteiger partial charge >= 0.3 is 0 Å². The fraction of sp³-hybridized carbons (Fsp3) is 0.375. The first-order valence-corrected chi connectivity index (χ1v) is 10.7. The van der Waals surface area contributed by atoms with Gasteiger partial charge in [-0.2, -0.15) is 5.10 Å². The van der Waals surface area contributed by atoms with Crippen LogP contribution in [0.15, 0.2) is 49.3 Å². The number of hydrogen-bond acceptors (Lipinski definition) is 5. The average molecular weight is 401 g/mol. The molecule has 5 atom stereocenters. The number of nitrogens with two attached hydrogens (primary N) is 1. The minimum Gasteiger partial charge on any atom is -0.398 e. The quantitative estimate of drug-likeness (QED) is 0.327. The molecule has 5 unspecified atom stereocenters. The molecule has 6 rings (SSSR count). The van der Waals surface area contributed by atoms with Crippen molar-refractivity contribution in [1.82, 2.24) is 14.6 Å². The summed E-state index contributed by atoms with van der Waals surface area (Å²) in [6, 6.07) is 8.25. The summed E-state index contributed by atoms with van der Waals surface area (Å²) in [5.41, 5.74) is 12.2. The molecule has 2 bridgehead atoms. The van der Waals surface area contributed by atoms with Crippen LogP contribution in [0.4, 0.5) is 11.4 Å². The molecule has 154 valence electrons. The summed E-state index contributed by atoms with van der Waals surface area (Å²) in [5.74, 6) is 2.39. The maximum absolute atomic E-state index is 7.94. The summed E-state index contributed by atoms with van der Waals surface area (Å²) in [4.78, 5) is 4.90. The minimum absolute atomic E-state index is 0.194. The number of anilines is 2. The van der Waals surface area contributed by atoms with Gasteiger partial charge in [0.1, 0.15) is 0 Å². The van der Waals surface area contributed by atoms with Crippen LogP contribution in [0.2, 0.25) is 0 Å². The van der Waals surface area contributed by atoms with Crippen LogP contribution >= 0.6 is 0 Å². The van der Waals surface area contributed by atoms with E-state index in [0.29, 0.717) is 29.4 Å². The fourth-order valence-corrected chi connectivity index (χ4v) is 6.08. The van der Waals surface area contributed by atoms with Crippen molar-refractivity contribution in [2.45, 2.75) is 38.1 Å². The van der Waals surface area contributed by atoms with Gasteiger partial charge in [-0.3, -0.25) is 0 Å². The van der Waals surface area contributed by atoms with Gasteiger partial charge in [0.05, 0.1) is 17.9 Å². The maximum atomic E-state index is 7.94. The molecule has 0 amide bonds. The van der Waals surface area contributed by atoms with Gasteiger partial charge in [-0.15, -0.1) is 6.58 Å². The molecule has 2 saturated carbocycles. The van der Waals surface area contributed by atoms with Crippen molar-refractivity contribution in [3.05, 3.63) is 66.1 Å². The zero-order valence-corrected chi connectivity index (χ0v) is 17.3. The van der Waals surface area contributed by atoms with Gasteiger partial charge < -0.3 is 16.5 Å². The molecule has 6 nitrogen and oxygen atoms in total. The molecule has 3 aromatic rings. The number of rotatable bonds is 2. The van der Waals surface area contributed by atoms with E-state index < -0.39 is 0 Å². The van der Waals surface area contributed by atoms with Crippen LogP contribution in [0.3, 0.4) is 0 Å². The van der Waals surface area contributed by atoms with Gasteiger partial charge in [0.2, 0.25) is 0 Å². The lowest BCUT2D eigenvalue weighted by molar-refractivity contribution is 0.245. The number of nitrogens with zero attached hydrogens (tertiary/aromatic N) is 3. The lowest BCUT2D eigenvalue weighted by Gasteiger charge is -2.43. The maximum Gasteiger partial charge on any atom is 0.155 e. The lowest BCUT2D eigenvalue weighted by Crippen LogP contribution is -2.36. The topological polar surface area (TPSA) is 92.1 Å². The van der Waals surface area contributed by atoms with Crippen LogP contribution in [-0.4, -0.2) is 20.8 Å². The van der Waals surface area contributed by atoms with E-state index in [2.05, 4.69) is 29.1 Å². The van der Waals surface area contributed by atoms with Crippen molar-refractivity contribution in [1.29, 1.82) is 5.41 Å². The number of nitrogen functional groups attached to an aromatic ring is 1. The lowest BCUT2D eigenvalue weighted by atomic mass is 9.67. The zero-order valence-electron chi connectivity index (χ0n) is 17.3. The number of allylic oxidation sites excluding steroid dienone is 1. The Hall–Kier alpha value is -3.15. The molecule has 2 aromatic heterocycles. The van der Waals surface area contributed by atoms with E-state index in [9.17, 15) is 0 Å². The number of fused-ring (bicyclic) bond motifs is 8. The third-order valence-corrected chi connectivity index (χ3v) is 7.07. The monoisotopic (exact) mass is 400 g/mol. The summed E-state index contributed by atoms with van der Waals surface area (Å²) in [6.45, 7) is 5.25. The van der Waals surface area contributed by atoms with E-state index in [-0.39, 0.29) is 6.04 Å². The normalized spacial score (nSPS) is 28.1. The summed E-state index contributed by atoms with van der Waals surface area (Å²) in [7, 11) is 0. The highest BCUT2D eigenvalue weighted by Gasteiger charge is 2.54. The highest BCUT2D eigenvalue weighted by molar-refractivity contribution is 5.91. The van der Waals surface area contributed by atoms with E-state index in [1.54, 1.807) is 12.3 Å². The molecule has 30 heavy (non-hydrogen) atoms. The van der Waals surface area contributed by atoms with Gasteiger partial charge in [-0.25, -0.2) is 9.50 Å². The molecule has 3 aliphatic rings.